The molecule has 2 heterocycles. The van der Waals surface area contributed by atoms with Gasteiger partial charge in [-0.3, -0.25) is 0 Å². The topological polar surface area (TPSA) is 89.9 Å². The molecular formula is C15H17N5O. The normalized spacial score (nSPS) is 12.5. The molecule has 3 N–H and O–H groups in total. The number of benzene rings is 1. The third kappa shape index (κ3) is 2.85. The van der Waals surface area contributed by atoms with Gasteiger partial charge in [-0.1, -0.05) is 35.5 Å². The quantitative estimate of drug-likeness (QED) is 0.747. The van der Waals surface area contributed by atoms with Gasteiger partial charge in [0.15, 0.2) is 0 Å². The number of hydrogen-bond donors (Lipinski definition) is 2. The molecule has 3 rings (SSSR count). The smallest absolute Gasteiger partial charge is 0.263 e. The molecule has 1 atom stereocenters. The molecule has 1 unspecified atom stereocenters. The van der Waals surface area contributed by atoms with Crippen molar-refractivity contribution in [2.24, 2.45) is 5.73 Å². The summed E-state index contributed by atoms with van der Waals surface area (Å²) in [6.45, 7) is 2.59. The van der Waals surface area contributed by atoms with Crippen LogP contribution in [-0.4, -0.2) is 21.7 Å². The molecule has 21 heavy (non-hydrogen) atoms. The third-order valence-corrected chi connectivity index (χ3v) is 3.42. The molecule has 0 aliphatic carbocycles. The van der Waals surface area contributed by atoms with Crippen LogP contribution in [0.5, 0.6) is 0 Å². The summed E-state index contributed by atoms with van der Waals surface area (Å²) in [7, 11) is 0. The first-order valence-electron chi connectivity index (χ1n) is 6.87. The van der Waals surface area contributed by atoms with E-state index in [1.807, 2.05) is 37.3 Å². The Labute approximate surface area is 122 Å². The van der Waals surface area contributed by atoms with E-state index in [0.717, 1.165) is 28.9 Å². The van der Waals surface area contributed by atoms with E-state index in [1.54, 1.807) is 0 Å². The minimum Gasteiger partial charge on any atom is -0.369 e. The zero-order valence-electron chi connectivity index (χ0n) is 11.8. The van der Waals surface area contributed by atoms with E-state index < -0.39 is 0 Å². The average molecular weight is 283 g/mol. The molecule has 0 saturated carbocycles. The van der Waals surface area contributed by atoms with Crippen LogP contribution < -0.4 is 11.1 Å². The summed E-state index contributed by atoms with van der Waals surface area (Å²) in [6.07, 6.45) is 2.27. The van der Waals surface area contributed by atoms with Crippen molar-refractivity contribution in [3.8, 4) is 0 Å². The largest absolute Gasteiger partial charge is 0.369 e. The minimum atomic E-state index is -0.000371. The van der Waals surface area contributed by atoms with Gasteiger partial charge in [-0.15, -0.1) is 0 Å². The van der Waals surface area contributed by atoms with E-state index in [0.29, 0.717) is 12.3 Å². The van der Waals surface area contributed by atoms with Crippen molar-refractivity contribution in [3.05, 3.63) is 47.9 Å². The fourth-order valence-electron chi connectivity index (χ4n) is 2.27. The molecule has 0 bridgehead atoms. The number of nitrogens with one attached hydrogen (secondary N) is 1. The van der Waals surface area contributed by atoms with E-state index in [9.17, 15) is 0 Å². The van der Waals surface area contributed by atoms with Gasteiger partial charge >= 0.3 is 0 Å². The Kier molecular flexibility index (Phi) is 3.79. The van der Waals surface area contributed by atoms with Gasteiger partial charge in [-0.25, -0.2) is 4.98 Å². The summed E-state index contributed by atoms with van der Waals surface area (Å²) in [5.74, 6) is 0.735. The first kappa shape index (κ1) is 13.5. The van der Waals surface area contributed by atoms with Crippen molar-refractivity contribution in [2.45, 2.75) is 19.4 Å². The standard InChI is InChI=1S/C15H17N5O/c1-10-13-14(18-9-19-15(13)21-20-10)17-8-7-12(16)11-5-3-2-4-6-11/h2-6,9,12H,7-8,16H2,1H3,(H,17,18,19). The van der Waals surface area contributed by atoms with E-state index in [1.165, 1.54) is 6.33 Å². The summed E-state index contributed by atoms with van der Waals surface area (Å²) >= 11 is 0. The molecule has 0 amide bonds. The van der Waals surface area contributed by atoms with Gasteiger partial charge in [0, 0.05) is 12.6 Å². The Balaban J connectivity index is 1.66. The Morgan fingerprint density at radius 2 is 2.05 bits per heavy atom. The Bertz CT molecular complexity index is 725. The van der Waals surface area contributed by atoms with E-state index >= 15 is 0 Å². The second-order valence-electron chi connectivity index (χ2n) is 4.90. The molecule has 0 fully saturated rings. The zero-order chi connectivity index (χ0) is 14.7. The number of anilines is 1. The highest BCUT2D eigenvalue weighted by Gasteiger charge is 2.12. The molecule has 0 radical (unpaired) electrons. The summed E-state index contributed by atoms with van der Waals surface area (Å²) in [4.78, 5) is 8.29. The minimum absolute atomic E-state index is 0.000371. The first-order valence-corrected chi connectivity index (χ1v) is 6.87. The molecule has 0 aliphatic rings. The number of nitrogens with two attached hydrogens (primary N) is 1. The van der Waals surface area contributed by atoms with Crippen LogP contribution in [0.15, 0.2) is 41.2 Å². The van der Waals surface area contributed by atoms with Crippen LogP contribution in [0, 0.1) is 6.92 Å². The van der Waals surface area contributed by atoms with E-state index in [2.05, 4.69) is 20.4 Å². The van der Waals surface area contributed by atoms with Crippen molar-refractivity contribution in [1.29, 1.82) is 0 Å². The maximum atomic E-state index is 6.18. The van der Waals surface area contributed by atoms with Gasteiger partial charge in [-0.2, -0.15) is 4.98 Å². The fourth-order valence-corrected chi connectivity index (χ4v) is 2.27. The predicted molar refractivity (Wildman–Crippen MR) is 80.8 cm³/mol. The number of rotatable bonds is 5. The zero-order valence-corrected chi connectivity index (χ0v) is 11.8. The van der Waals surface area contributed by atoms with E-state index in [-0.39, 0.29) is 6.04 Å². The van der Waals surface area contributed by atoms with Crippen LogP contribution in [0.4, 0.5) is 5.82 Å². The van der Waals surface area contributed by atoms with Crippen molar-refractivity contribution >= 4 is 16.9 Å². The van der Waals surface area contributed by atoms with Crippen LogP contribution in [-0.2, 0) is 0 Å². The Hall–Kier alpha value is -2.47. The summed E-state index contributed by atoms with van der Waals surface area (Å²) in [6, 6.07) is 10.1. The first-order chi connectivity index (χ1) is 10.3. The second kappa shape index (κ2) is 5.88. The molecule has 6 nitrogen and oxygen atoms in total. The monoisotopic (exact) mass is 283 g/mol. The fraction of sp³-hybridized carbons (Fsp3) is 0.267. The lowest BCUT2D eigenvalue weighted by molar-refractivity contribution is 0.442. The lowest BCUT2D eigenvalue weighted by atomic mass is 10.1. The van der Waals surface area contributed by atoms with Crippen LogP contribution in [0.3, 0.4) is 0 Å². The third-order valence-electron chi connectivity index (χ3n) is 3.42. The maximum Gasteiger partial charge on any atom is 0.263 e. The van der Waals surface area contributed by atoms with Crippen LogP contribution in [0.25, 0.3) is 11.1 Å². The molecule has 3 aromatic rings. The van der Waals surface area contributed by atoms with Crippen LogP contribution in [0.2, 0.25) is 0 Å². The number of aromatic nitrogens is 3. The molecule has 2 aromatic heterocycles. The number of hydrogen-bond acceptors (Lipinski definition) is 6. The van der Waals surface area contributed by atoms with Crippen molar-refractivity contribution in [1.82, 2.24) is 15.1 Å². The summed E-state index contributed by atoms with van der Waals surface area (Å²) in [5.41, 5.74) is 8.59. The molecule has 6 heteroatoms. The van der Waals surface area contributed by atoms with Crippen LogP contribution >= 0.6 is 0 Å². The molecular weight excluding hydrogens is 266 g/mol. The molecule has 0 spiro atoms. The Morgan fingerprint density at radius 1 is 1.24 bits per heavy atom. The van der Waals surface area contributed by atoms with Gasteiger partial charge in [0.05, 0.1) is 5.69 Å². The predicted octanol–water partition coefficient (Wildman–Crippen LogP) is 2.43. The Morgan fingerprint density at radius 3 is 2.86 bits per heavy atom. The molecule has 0 saturated heterocycles. The average Bonchev–Trinajstić information content (AvgIpc) is 2.90. The second-order valence-corrected chi connectivity index (χ2v) is 4.90. The highest BCUT2D eigenvalue weighted by atomic mass is 16.5. The van der Waals surface area contributed by atoms with Gasteiger partial charge in [0.1, 0.15) is 17.5 Å². The molecule has 108 valence electrons. The SMILES string of the molecule is Cc1noc2ncnc(NCCC(N)c3ccccc3)c12. The van der Waals surface area contributed by atoms with E-state index in [4.69, 9.17) is 10.3 Å². The number of aryl methyl sites for hydroxylation is 1. The molecule has 0 aliphatic heterocycles. The lowest BCUT2D eigenvalue weighted by Gasteiger charge is -2.13. The highest BCUT2D eigenvalue weighted by molar-refractivity contribution is 5.87. The summed E-state index contributed by atoms with van der Waals surface area (Å²) < 4.78 is 5.12. The van der Waals surface area contributed by atoms with Gasteiger partial charge in [0.2, 0.25) is 0 Å². The lowest BCUT2D eigenvalue weighted by Crippen LogP contribution is -2.15. The van der Waals surface area contributed by atoms with Crippen LogP contribution in [0.1, 0.15) is 23.7 Å². The summed E-state index contributed by atoms with van der Waals surface area (Å²) in [5, 5.41) is 8.01. The van der Waals surface area contributed by atoms with Crippen molar-refractivity contribution < 1.29 is 4.52 Å². The highest BCUT2D eigenvalue weighted by Crippen LogP contribution is 2.22. The number of nitrogens with zero attached hydrogens (tertiary/aromatic N) is 3. The van der Waals surface area contributed by atoms with Crippen molar-refractivity contribution in [2.75, 3.05) is 11.9 Å². The van der Waals surface area contributed by atoms with Gasteiger partial charge in [0.25, 0.3) is 5.71 Å². The number of fused-ring (bicyclic) bond motifs is 1. The van der Waals surface area contributed by atoms with Gasteiger partial charge < -0.3 is 15.6 Å². The molecule has 1 aromatic carbocycles. The van der Waals surface area contributed by atoms with Crippen molar-refractivity contribution in [3.63, 3.8) is 0 Å². The maximum absolute atomic E-state index is 6.18. The van der Waals surface area contributed by atoms with Gasteiger partial charge in [-0.05, 0) is 18.9 Å².